The number of nitrogens with one attached hydrogen (secondary N) is 1. The van der Waals surface area contributed by atoms with E-state index in [0.29, 0.717) is 12.1 Å². The Balaban J connectivity index is 2.06. The van der Waals surface area contributed by atoms with Gasteiger partial charge in [-0.25, -0.2) is 4.39 Å². The van der Waals surface area contributed by atoms with Crippen LogP contribution >= 0.6 is 0 Å². The van der Waals surface area contributed by atoms with Gasteiger partial charge in [-0.1, -0.05) is 0 Å². The number of ether oxygens (including phenoxy) is 1. The van der Waals surface area contributed by atoms with E-state index in [9.17, 15) is 17.6 Å². The Labute approximate surface area is 102 Å². The van der Waals surface area contributed by atoms with Crippen LogP contribution in [0.2, 0.25) is 0 Å². The zero-order valence-electron chi connectivity index (χ0n) is 9.72. The molecule has 1 aliphatic rings. The van der Waals surface area contributed by atoms with Gasteiger partial charge in [0.05, 0.1) is 5.56 Å². The fraction of sp³-hybridized carbons (Fsp3) is 0.500. The first-order valence-electron chi connectivity index (χ1n) is 5.61. The number of benzene rings is 1. The molecule has 0 saturated heterocycles. The summed E-state index contributed by atoms with van der Waals surface area (Å²) in [5.41, 5.74) is -1.29. The molecule has 0 aromatic heterocycles. The van der Waals surface area contributed by atoms with E-state index in [1.54, 1.807) is 0 Å². The van der Waals surface area contributed by atoms with Gasteiger partial charge in [0.25, 0.3) is 0 Å². The molecule has 1 N–H and O–H groups in total. The molecule has 0 radical (unpaired) electrons. The van der Waals surface area contributed by atoms with Crippen LogP contribution in [0.1, 0.15) is 18.4 Å². The molecule has 100 valence electrons. The fourth-order valence-corrected chi connectivity index (χ4v) is 1.88. The van der Waals surface area contributed by atoms with Gasteiger partial charge >= 0.3 is 6.18 Å². The van der Waals surface area contributed by atoms with Gasteiger partial charge in [-0.05, 0) is 38.1 Å². The SMILES string of the molecule is CNC1CC(Oc2ccc(F)c(C(F)(F)F)c2)C1. The summed E-state index contributed by atoms with van der Waals surface area (Å²) in [6.45, 7) is 0. The molecule has 2 nitrogen and oxygen atoms in total. The topological polar surface area (TPSA) is 21.3 Å². The van der Waals surface area contributed by atoms with E-state index < -0.39 is 17.6 Å². The van der Waals surface area contributed by atoms with Crippen molar-refractivity contribution >= 4 is 0 Å². The minimum Gasteiger partial charge on any atom is -0.490 e. The lowest BCUT2D eigenvalue weighted by Crippen LogP contribution is -2.45. The van der Waals surface area contributed by atoms with Crippen molar-refractivity contribution in [2.75, 3.05) is 7.05 Å². The molecular weight excluding hydrogens is 250 g/mol. The maximum absolute atomic E-state index is 13.0. The summed E-state index contributed by atoms with van der Waals surface area (Å²) < 4.78 is 55.8. The van der Waals surface area contributed by atoms with E-state index >= 15 is 0 Å². The zero-order valence-corrected chi connectivity index (χ0v) is 9.72. The Kier molecular flexibility index (Phi) is 3.47. The van der Waals surface area contributed by atoms with E-state index in [4.69, 9.17) is 4.74 Å². The van der Waals surface area contributed by atoms with Crippen LogP contribution in [-0.2, 0) is 6.18 Å². The second-order valence-corrected chi connectivity index (χ2v) is 4.34. The lowest BCUT2D eigenvalue weighted by atomic mass is 9.89. The molecule has 0 heterocycles. The van der Waals surface area contributed by atoms with Gasteiger partial charge in [0.2, 0.25) is 0 Å². The molecule has 0 bridgehead atoms. The first kappa shape index (κ1) is 13.1. The Bertz CT molecular complexity index is 427. The van der Waals surface area contributed by atoms with Crippen LogP contribution in [0.25, 0.3) is 0 Å². The van der Waals surface area contributed by atoms with Crippen molar-refractivity contribution in [3.8, 4) is 5.75 Å². The predicted octanol–water partition coefficient (Wildman–Crippen LogP) is 2.97. The zero-order chi connectivity index (χ0) is 13.3. The quantitative estimate of drug-likeness (QED) is 0.846. The van der Waals surface area contributed by atoms with Gasteiger partial charge in [-0.15, -0.1) is 0 Å². The number of rotatable bonds is 3. The third kappa shape index (κ3) is 2.75. The van der Waals surface area contributed by atoms with E-state index in [1.807, 2.05) is 7.05 Å². The normalized spacial score (nSPS) is 23.6. The van der Waals surface area contributed by atoms with Gasteiger partial charge in [0, 0.05) is 6.04 Å². The van der Waals surface area contributed by atoms with Crippen molar-refractivity contribution in [1.29, 1.82) is 0 Å². The average Bonchev–Trinajstić information content (AvgIpc) is 2.23. The molecule has 0 amide bonds. The van der Waals surface area contributed by atoms with Crippen LogP contribution in [0.4, 0.5) is 17.6 Å². The van der Waals surface area contributed by atoms with Crippen LogP contribution in [0.5, 0.6) is 5.75 Å². The van der Waals surface area contributed by atoms with Gasteiger partial charge < -0.3 is 10.1 Å². The summed E-state index contributed by atoms with van der Waals surface area (Å²) in [6.07, 6.45) is -3.31. The standard InChI is InChI=1S/C12H13F4NO/c1-17-7-4-9(5-7)18-8-2-3-11(13)10(6-8)12(14,15)16/h2-3,6-7,9,17H,4-5H2,1H3. The maximum Gasteiger partial charge on any atom is 0.419 e. The van der Waals surface area contributed by atoms with E-state index in [0.717, 1.165) is 18.9 Å². The number of hydrogen-bond donors (Lipinski definition) is 1. The number of hydrogen-bond acceptors (Lipinski definition) is 2. The third-order valence-electron chi connectivity index (χ3n) is 3.05. The second kappa shape index (κ2) is 4.76. The minimum atomic E-state index is -4.70. The summed E-state index contributed by atoms with van der Waals surface area (Å²) in [5.74, 6) is -1.22. The minimum absolute atomic E-state index is 0.0586. The molecule has 0 spiro atoms. The Hall–Kier alpha value is -1.30. The molecule has 6 heteroatoms. The maximum atomic E-state index is 13.0. The van der Waals surface area contributed by atoms with Crippen LogP contribution < -0.4 is 10.1 Å². The average molecular weight is 263 g/mol. The van der Waals surface area contributed by atoms with Gasteiger partial charge in [0.1, 0.15) is 17.7 Å². The molecule has 1 aliphatic carbocycles. The molecule has 1 aromatic rings. The largest absolute Gasteiger partial charge is 0.490 e. The van der Waals surface area contributed by atoms with E-state index in [2.05, 4.69) is 5.32 Å². The summed E-state index contributed by atoms with van der Waals surface area (Å²) in [5, 5.41) is 3.04. The lowest BCUT2D eigenvalue weighted by molar-refractivity contribution is -0.140. The molecular formula is C12H13F4NO. The lowest BCUT2D eigenvalue weighted by Gasteiger charge is -2.35. The van der Waals surface area contributed by atoms with Crippen molar-refractivity contribution < 1.29 is 22.3 Å². The molecule has 1 saturated carbocycles. The first-order valence-corrected chi connectivity index (χ1v) is 5.61. The molecule has 18 heavy (non-hydrogen) atoms. The third-order valence-corrected chi connectivity index (χ3v) is 3.05. The van der Waals surface area contributed by atoms with Crippen molar-refractivity contribution in [1.82, 2.24) is 5.32 Å². The van der Waals surface area contributed by atoms with Gasteiger partial charge in [0.15, 0.2) is 0 Å². The molecule has 2 rings (SSSR count). The van der Waals surface area contributed by atoms with E-state index in [-0.39, 0.29) is 11.9 Å². The predicted molar refractivity (Wildman–Crippen MR) is 57.9 cm³/mol. The van der Waals surface area contributed by atoms with Crippen molar-refractivity contribution in [3.63, 3.8) is 0 Å². The van der Waals surface area contributed by atoms with Gasteiger partial charge in [-0.3, -0.25) is 0 Å². The highest BCUT2D eigenvalue weighted by molar-refractivity contribution is 5.32. The molecule has 0 unspecified atom stereocenters. The van der Waals surface area contributed by atoms with Crippen molar-refractivity contribution in [2.24, 2.45) is 0 Å². The Morgan fingerprint density at radius 2 is 1.94 bits per heavy atom. The molecule has 0 atom stereocenters. The Morgan fingerprint density at radius 1 is 1.28 bits per heavy atom. The number of alkyl halides is 3. The smallest absolute Gasteiger partial charge is 0.419 e. The first-order chi connectivity index (χ1) is 8.40. The molecule has 1 aromatic carbocycles. The summed E-state index contributed by atoms with van der Waals surface area (Å²) in [7, 11) is 1.82. The van der Waals surface area contributed by atoms with Gasteiger partial charge in [-0.2, -0.15) is 13.2 Å². The molecule has 1 fully saturated rings. The summed E-state index contributed by atoms with van der Waals surface area (Å²) in [6, 6.07) is 3.06. The van der Waals surface area contributed by atoms with Crippen LogP contribution in [0, 0.1) is 5.82 Å². The summed E-state index contributed by atoms with van der Waals surface area (Å²) in [4.78, 5) is 0. The number of halogens is 4. The second-order valence-electron chi connectivity index (χ2n) is 4.34. The Morgan fingerprint density at radius 3 is 2.50 bits per heavy atom. The monoisotopic (exact) mass is 263 g/mol. The van der Waals surface area contributed by atoms with Crippen LogP contribution in [0.15, 0.2) is 18.2 Å². The summed E-state index contributed by atoms with van der Waals surface area (Å²) >= 11 is 0. The van der Waals surface area contributed by atoms with Crippen molar-refractivity contribution in [2.45, 2.75) is 31.2 Å². The highest BCUT2D eigenvalue weighted by Crippen LogP contribution is 2.34. The molecule has 0 aliphatic heterocycles. The van der Waals surface area contributed by atoms with Crippen LogP contribution in [0.3, 0.4) is 0 Å². The fourth-order valence-electron chi connectivity index (χ4n) is 1.88. The highest BCUT2D eigenvalue weighted by atomic mass is 19.4. The van der Waals surface area contributed by atoms with Crippen molar-refractivity contribution in [3.05, 3.63) is 29.6 Å². The highest BCUT2D eigenvalue weighted by Gasteiger charge is 2.35. The van der Waals surface area contributed by atoms with Crippen LogP contribution in [-0.4, -0.2) is 19.2 Å². The van der Waals surface area contributed by atoms with E-state index in [1.165, 1.54) is 6.07 Å².